The van der Waals surface area contributed by atoms with Gasteiger partial charge in [0.15, 0.2) is 0 Å². The molecule has 0 aromatic carbocycles. The predicted octanol–water partition coefficient (Wildman–Crippen LogP) is 0.512. The first-order valence-corrected chi connectivity index (χ1v) is 5.23. The van der Waals surface area contributed by atoms with Gasteiger partial charge >= 0.3 is 0 Å². The molecule has 2 aromatic heterocycles. The van der Waals surface area contributed by atoms with Gasteiger partial charge in [-0.1, -0.05) is 0 Å². The van der Waals surface area contributed by atoms with Crippen LogP contribution in [-0.2, 0) is 20.5 Å². The third kappa shape index (κ3) is 2.21. The van der Waals surface area contributed by atoms with Crippen LogP contribution in [0.2, 0.25) is 0 Å². The molecule has 0 aliphatic heterocycles. The molecule has 0 atom stereocenters. The van der Waals surface area contributed by atoms with Gasteiger partial charge in [-0.05, 0) is 6.92 Å². The normalized spacial score (nSPS) is 10.7. The maximum Gasteiger partial charge on any atom is 0.202 e. The summed E-state index contributed by atoms with van der Waals surface area (Å²) in [5.41, 5.74) is 1.02. The fraction of sp³-hybridized carbons (Fsp3) is 0.500. The Balaban J connectivity index is 1.89. The Hall–Kier alpha value is -1.85. The lowest BCUT2D eigenvalue weighted by molar-refractivity contribution is 0.781. The highest BCUT2D eigenvalue weighted by Crippen LogP contribution is 2.05. The first-order chi connectivity index (χ1) is 7.66. The zero-order valence-corrected chi connectivity index (χ0v) is 9.80. The summed E-state index contributed by atoms with van der Waals surface area (Å²) in [6.45, 7) is 2.78. The van der Waals surface area contributed by atoms with Crippen LogP contribution in [0.15, 0.2) is 12.5 Å². The topological polar surface area (TPSA) is 60.6 Å². The standard InChI is InChI=1S/C10H16N6/c1-8-6-15(2)10(13-8)11-5-4-9-14-12-7-16(9)3/h6-7H,4-5H2,1-3H3,(H,11,13). The van der Waals surface area contributed by atoms with Crippen LogP contribution in [0.5, 0.6) is 0 Å². The summed E-state index contributed by atoms with van der Waals surface area (Å²) in [6.07, 6.45) is 4.54. The minimum atomic E-state index is 0.802. The van der Waals surface area contributed by atoms with Gasteiger partial charge in [0.2, 0.25) is 5.95 Å². The molecule has 0 fully saturated rings. The van der Waals surface area contributed by atoms with E-state index < -0.39 is 0 Å². The largest absolute Gasteiger partial charge is 0.355 e. The number of imidazole rings is 1. The van der Waals surface area contributed by atoms with E-state index in [2.05, 4.69) is 20.5 Å². The first kappa shape index (κ1) is 10.7. The molecular weight excluding hydrogens is 204 g/mol. The number of aryl methyl sites for hydroxylation is 3. The Bertz CT molecular complexity index is 469. The van der Waals surface area contributed by atoms with Crippen molar-refractivity contribution < 1.29 is 0 Å². The second kappa shape index (κ2) is 4.34. The number of nitrogens with one attached hydrogen (secondary N) is 1. The fourth-order valence-electron chi connectivity index (χ4n) is 1.60. The van der Waals surface area contributed by atoms with Gasteiger partial charge in [-0.15, -0.1) is 10.2 Å². The summed E-state index contributed by atoms with van der Waals surface area (Å²) in [5.74, 6) is 1.86. The third-order valence-electron chi connectivity index (χ3n) is 2.43. The molecule has 2 rings (SSSR count). The Morgan fingerprint density at radius 3 is 2.69 bits per heavy atom. The SMILES string of the molecule is Cc1cn(C)c(NCCc2nncn2C)n1. The van der Waals surface area contributed by atoms with E-state index in [1.807, 2.05) is 36.4 Å². The van der Waals surface area contributed by atoms with Crippen molar-refractivity contribution in [2.75, 3.05) is 11.9 Å². The number of aromatic nitrogens is 5. The number of nitrogens with zero attached hydrogens (tertiary/aromatic N) is 5. The van der Waals surface area contributed by atoms with Gasteiger partial charge in [0.05, 0.1) is 5.69 Å². The average Bonchev–Trinajstić information content (AvgIpc) is 2.75. The summed E-state index contributed by atoms with van der Waals surface area (Å²) in [4.78, 5) is 4.36. The molecule has 1 N–H and O–H groups in total. The third-order valence-corrected chi connectivity index (χ3v) is 2.43. The van der Waals surface area contributed by atoms with Crippen LogP contribution < -0.4 is 5.32 Å². The molecule has 0 spiro atoms. The maximum absolute atomic E-state index is 4.36. The molecular formula is C10H16N6. The van der Waals surface area contributed by atoms with Crippen LogP contribution in [0.4, 0.5) is 5.95 Å². The van der Waals surface area contributed by atoms with E-state index in [0.29, 0.717) is 0 Å². The quantitative estimate of drug-likeness (QED) is 0.815. The minimum absolute atomic E-state index is 0.802. The highest BCUT2D eigenvalue weighted by atomic mass is 15.3. The number of rotatable bonds is 4. The Morgan fingerprint density at radius 2 is 2.12 bits per heavy atom. The maximum atomic E-state index is 4.36. The smallest absolute Gasteiger partial charge is 0.202 e. The highest BCUT2D eigenvalue weighted by Gasteiger charge is 2.03. The molecule has 2 aromatic rings. The van der Waals surface area contributed by atoms with Crippen molar-refractivity contribution in [3.63, 3.8) is 0 Å². The van der Waals surface area contributed by atoms with Crippen LogP contribution >= 0.6 is 0 Å². The monoisotopic (exact) mass is 220 g/mol. The predicted molar refractivity (Wildman–Crippen MR) is 61.1 cm³/mol. The molecule has 0 bridgehead atoms. The van der Waals surface area contributed by atoms with Crippen LogP contribution in [0, 0.1) is 6.92 Å². The van der Waals surface area contributed by atoms with E-state index in [1.165, 1.54) is 0 Å². The van der Waals surface area contributed by atoms with Crippen LogP contribution in [0.3, 0.4) is 0 Å². The van der Waals surface area contributed by atoms with Crippen molar-refractivity contribution in [2.45, 2.75) is 13.3 Å². The molecule has 6 nitrogen and oxygen atoms in total. The van der Waals surface area contributed by atoms with Gasteiger partial charge in [-0.2, -0.15) is 0 Å². The molecule has 86 valence electrons. The van der Waals surface area contributed by atoms with E-state index in [9.17, 15) is 0 Å². The first-order valence-electron chi connectivity index (χ1n) is 5.23. The summed E-state index contributed by atoms with van der Waals surface area (Å²) in [7, 11) is 3.92. The molecule has 0 aliphatic rings. The summed E-state index contributed by atoms with van der Waals surface area (Å²) < 4.78 is 3.90. The van der Waals surface area contributed by atoms with Crippen molar-refractivity contribution in [3.05, 3.63) is 24.0 Å². The van der Waals surface area contributed by atoms with Crippen molar-refractivity contribution in [3.8, 4) is 0 Å². The molecule has 0 saturated heterocycles. The van der Waals surface area contributed by atoms with Crippen LogP contribution in [-0.4, -0.2) is 30.9 Å². The molecule has 2 heterocycles. The lowest BCUT2D eigenvalue weighted by Crippen LogP contribution is -2.11. The molecule has 16 heavy (non-hydrogen) atoms. The van der Waals surface area contributed by atoms with Gasteiger partial charge in [0.1, 0.15) is 12.2 Å². The number of hydrogen-bond donors (Lipinski definition) is 1. The fourth-order valence-corrected chi connectivity index (χ4v) is 1.60. The minimum Gasteiger partial charge on any atom is -0.355 e. The van der Waals surface area contributed by atoms with Crippen molar-refractivity contribution in [1.29, 1.82) is 0 Å². The van der Waals surface area contributed by atoms with Gasteiger partial charge in [-0.3, -0.25) is 0 Å². The van der Waals surface area contributed by atoms with Crippen molar-refractivity contribution in [1.82, 2.24) is 24.3 Å². The molecule has 0 saturated carbocycles. The second-order valence-corrected chi connectivity index (χ2v) is 3.85. The molecule has 0 amide bonds. The average molecular weight is 220 g/mol. The number of anilines is 1. The zero-order valence-electron chi connectivity index (χ0n) is 9.80. The van der Waals surface area contributed by atoms with Gasteiger partial charge in [0, 0.05) is 33.3 Å². The van der Waals surface area contributed by atoms with Crippen molar-refractivity contribution >= 4 is 5.95 Å². The van der Waals surface area contributed by atoms with Crippen LogP contribution in [0.1, 0.15) is 11.5 Å². The molecule has 0 radical (unpaired) electrons. The summed E-state index contributed by atoms with van der Waals surface area (Å²) in [5, 5.41) is 11.1. The van der Waals surface area contributed by atoms with Crippen LogP contribution in [0.25, 0.3) is 0 Å². The van der Waals surface area contributed by atoms with Gasteiger partial charge < -0.3 is 14.5 Å². The lowest BCUT2D eigenvalue weighted by Gasteiger charge is -2.05. The van der Waals surface area contributed by atoms with Gasteiger partial charge in [-0.25, -0.2) is 4.98 Å². The van der Waals surface area contributed by atoms with Gasteiger partial charge in [0.25, 0.3) is 0 Å². The van der Waals surface area contributed by atoms with E-state index in [-0.39, 0.29) is 0 Å². The highest BCUT2D eigenvalue weighted by molar-refractivity contribution is 5.28. The van der Waals surface area contributed by atoms with E-state index in [0.717, 1.165) is 30.4 Å². The Labute approximate surface area is 94.3 Å². The van der Waals surface area contributed by atoms with E-state index >= 15 is 0 Å². The van der Waals surface area contributed by atoms with Crippen molar-refractivity contribution in [2.24, 2.45) is 14.1 Å². The Kier molecular flexibility index (Phi) is 2.89. The molecule has 0 unspecified atom stereocenters. The summed E-state index contributed by atoms with van der Waals surface area (Å²) in [6, 6.07) is 0. The molecule has 6 heteroatoms. The van der Waals surface area contributed by atoms with E-state index in [1.54, 1.807) is 6.33 Å². The summed E-state index contributed by atoms with van der Waals surface area (Å²) >= 11 is 0. The lowest BCUT2D eigenvalue weighted by atomic mass is 10.4. The number of hydrogen-bond acceptors (Lipinski definition) is 4. The zero-order chi connectivity index (χ0) is 11.5. The Morgan fingerprint density at radius 1 is 1.31 bits per heavy atom. The molecule has 0 aliphatic carbocycles. The second-order valence-electron chi connectivity index (χ2n) is 3.85. The van der Waals surface area contributed by atoms with E-state index in [4.69, 9.17) is 0 Å².